The van der Waals surface area contributed by atoms with Crippen LogP contribution < -0.4 is 5.73 Å². The maximum Gasteiger partial charge on any atom is 0.0354 e. The molecule has 1 aliphatic carbocycles. The van der Waals surface area contributed by atoms with Crippen LogP contribution in [-0.4, -0.2) is 6.04 Å². The van der Waals surface area contributed by atoms with Gasteiger partial charge in [0.25, 0.3) is 0 Å². The monoisotopic (exact) mass is 165 g/mol. The number of hydrogen-bond acceptors (Lipinski definition) is 1. The number of rotatable bonds is 2. The quantitative estimate of drug-likeness (QED) is 0.623. The largest absolute Gasteiger partial charge is 0.327 e. The smallest absolute Gasteiger partial charge is 0.0354 e. The van der Waals surface area contributed by atoms with Gasteiger partial charge in [0.05, 0.1) is 0 Å². The molecule has 12 heavy (non-hydrogen) atoms. The Morgan fingerprint density at radius 1 is 1.50 bits per heavy atom. The zero-order valence-electron chi connectivity index (χ0n) is 7.92. The van der Waals surface area contributed by atoms with Crippen LogP contribution in [0.5, 0.6) is 0 Å². The minimum absolute atomic E-state index is 0.267. The molecule has 2 N–H and O–H groups in total. The summed E-state index contributed by atoms with van der Waals surface area (Å²) in [6.45, 7) is 2.24. The highest BCUT2D eigenvalue weighted by molar-refractivity contribution is 5.01. The van der Waals surface area contributed by atoms with Gasteiger partial charge in [-0.15, -0.1) is 12.3 Å². The molecule has 0 spiro atoms. The van der Waals surface area contributed by atoms with Crippen molar-refractivity contribution in [2.75, 3.05) is 0 Å². The first-order valence-electron chi connectivity index (χ1n) is 4.99. The third kappa shape index (κ3) is 2.25. The van der Waals surface area contributed by atoms with E-state index in [1.807, 2.05) is 0 Å². The first-order valence-corrected chi connectivity index (χ1v) is 4.99. The SMILES string of the molecule is C#CC1CC(CCC)CCC1N. The van der Waals surface area contributed by atoms with Crippen LogP contribution in [0.25, 0.3) is 0 Å². The third-order valence-electron chi connectivity index (χ3n) is 2.92. The van der Waals surface area contributed by atoms with Crippen LogP contribution in [0, 0.1) is 24.2 Å². The van der Waals surface area contributed by atoms with E-state index in [1.165, 1.54) is 19.3 Å². The van der Waals surface area contributed by atoms with E-state index in [4.69, 9.17) is 12.2 Å². The minimum Gasteiger partial charge on any atom is -0.327 e. The van der Waals surface area contributed by atoms with Gasteiger partial charge in [-0.05, 0) is 25.2 Å². The first-order chi connectivity index (χ1) is 5.77. The van der Waals surface area contributed by atoms with E-state index in [9.17, 15) is 0 Å². The van der Waals surface area contributed by atoms with E-state index in [0.29, 0.717) is 5.92 Å². The van der Waals surface area contributed by atoms with E-state index in [-0.39, 0.29) is 6.04 Å². The Kier molecular flexibility index (Phi) is 3.62. The van der Waals surface area contributed by atoms with Crippen LogP contribution in [0.1, 0.15) is 39.0 Å². The van der Waals surface area contributed by atoms with Crippen LogP contribution in [0.2, 0.25) is 0 Å². The Labute approximate surface area is 75.7 Å². The topological polar surface area (TPSA) is 26.0 Å². The molecule has 0 aliphatic heterocycles. The molecular formula is C11H19N. The van der Waals surface area contributed by atoms with E-state index in [2.05, 4.69) is 12.8 Å². The van der Waals surface area contributed by atoms with Crippen molar-refractivity contribution >= 4 is 0 Å². The van der Waals surface area contributed by atoms with E-state index >= 15 is 0 Å². The molecule has 0 heterocycles. The molecule has 1 heteroatoms. The maximum absolute atomic E-state index is 5.91. The summed E-state index contributed by atoms with van der Waals surface area (Å²) in [6, 6.07) is 0.267. The van der Waals surface area contributed by atoms with Gasteiger partial charge in [-0.2, -0.15) is 0 Å². The summed E-state index contributed by atoms with van der Waals surface area (Å²) in [5.74, 6) is 4.00. The van der Waals surface area contributed by atoms with Crippen LogP contribution in [-0.2, 0) is 0 Å². The normalized spacial score (nSPS) is 35.9. The average Bonchev–Trinajstić information content (AvgIpc) is 2.09. The summed E-state index contributed by atoms with van der Waals surface area (Å²) in [5.41, 5.74) is 5.91. The molecule has 1 saturated carbocycles. The second-order valence-corrected chi connectivity index (χ2v) is 3.90. The van der Waals surface area contributed by atoms with Gasteiger partial charge < -0.3 is 5.73 Å². The Hall–Kier alpha value is -0.480. The Bertz CT molecular complexity index is 168. The molecule has 0 aromatic rings. The van der Waals surface area contributed by atoms with E-state index in [0.717, 1.165) is 18.8 Å². The Morgan fingerprint density at radius 2 is 2.25 bits per heavy atom. The molecule has 0 radical (unpaired) electrons. The molecule has 3 unspecified atom stereocenters. The lowest BCUT2D eigenvalue weighted by molar-refractivity contribution is 0.264. The molecule has 68 valence electrons. The number of hydrogen-bond donors (Lipinski definition) is 1. The van der Waals surface area contributed by atoms with Gasteiger partial charge in [-0.1, -0.05) is 19.8 Å². The van der Waals surface area contributed by atoms with Gasteiger partial charge >= 0.3 is 0 Å². The van der Waals surface area contributed by atoms with Crippen molar-refractivity contribution in [3.63, 3.8) is 0 Å². The molecule has 0 bridgehead atoms. The van der Waals surface area contributed by atoms with Gasteiger partial charge in [0.1, 0.15) is 0 Å². The standard InChI is InChI=1S/C11H19N/c1-3-5-9-6-7-11(12)10(4-2)8-9/h2,9-11H,3,5-8,12H2,1H3. The molecule has 0 saturated heterocycles. The fraction of sp³-hybridized carbons (Fsp3) is 0.818. The second-order valence-electron chi connectivity index (χ2n) is 3.90. The van der Waals surface area contributed by atoms with Gasteiger partial charge in [-0.3, -0.25) is 0 Å². The summed E-state index contributed by atoms with van der Waals surface area (Å²) in [5, 5.41) is 0. The predicted octanol–water partition coefficient (Wildman–Crippen LogP) is 2.16. The fourth-order valence-corrected chi connectivity index (χ4v) is 2.14. The van der Waals surface area contributed by atoms with Crippen LogP contribution in [0.4, 0.5) is 0 Å². The average molecular weight is 165 g/mol. The lowest BCUT2D eigenvalue weighted by atomic mass is 9.77. The van der Waals surface area contributed by atoms with Crippen LogP contribution in [0.3, 0.4) is 0 Å². The zero-order chi connectivity index (χ0) is 8.97. The van der Waals surface area contributed by atoms with E-state index in [1.54, 1.807) is 0 Å². The van der Waals surface area contributed by atoms with Crippen molar-refractivity contribution in [2.24, 2.45) is 17.6 Å². The zero-order valence-corrected chi connectivity index (χ0v) is 7.92. The van der Waals surface area contributed by atoms with Gasteiger partial charge in [0.15, 0.2) is 0 Å². The molecule has 1 aliphatic rings. The molecule has 0 aromatic heterocycles. The summed E-state index contributed by atoms with van der Waals surface area (Å²) in [6.07, 6.45) is 11.6. The number of terminal acetylenes is 1. The lowest BCUT2D eigenvalue weighted by Crippen LogP contribution is -2.35. The second kappa shape index (κ2) is 4.52. The van der Waals surface area contributed by atoms with Gasteiger partial charge in [-0.25, -0.2) is 0 Å². The van der Waals surface area contributed by atoms with Crippen molar-refractivity contribution in [1.82, 2.24) is 0 Å². The molecule has 1 fully saturated rings. The molecule has 3 atom stereocenters. The highest BCUT2D eigenvalue weighted by atomic mass is 14.7. The Balaban J connectivity index is 2.40. The molecule has 0 aromatic carbocycles. The molecular weight excluding hydrogens is 146 g/mol. The van der Waals surface area contributed by atoms with Crippen molar-refractivity contribution < 1.29 is 0 Å². The van der Waals surface area contributed by atoms with Crippen molar-refractivity contribution in [2.45, 2.75) is 45.1 Å². The summed E-state index contributed by atoms with van der Waals surface area (Å²) < 4.78 is 0. The summed E-state index contributed by atoms with van der Waals surface area (Å²) >= 11 is 0. The van der Waals surface area contributed by atoms with Gasteiger partial charge in [0.2, 0.25) is 0 Å². The van der Waals surface area contributed by atoms with Crippen molar-refractivity contribution in [3.8, 4) is 12.3 Å². The van der Waals surface area contributed by atoms with Crippen molar-refractivity contribution in [3.05, 3.63) is 0 Å². The highest BCUT2D eigenvalue weighted by Crippen LogP contribution is 2.30. The van der Waals surface area contributed by atoms with Crippen LogP contribution >= 0.6 is 0 Å². The first kappa shape index (κ1) is 9.61. The summed E-state index contributed by atoms with van der Waals surface area (Å²) in [7, 11) is 0. The fourth-order valence-electron chi connectivity index (χ4n) is 2.14. The molecule has 1 rings (SSSR count). The number of nitrogens with two attached hydrogens (primary N) is 1. The third-order valence-corrected chi connectivity index (χ3v) is 2.92. The highest BCUT2D eigenvalue weighted by Gasteiger charge is 2.25. The lowest BCUT2D eigenvalue weighted by Gasteiger charge is -2.30. The van der Waals surface area contributed by atoms with Crippen molar-refractivity contribution in [1.29, 1.82) is 0 Å². The van der Waals surface area contributed by atoms with Gasteiger partial charge in [0, 0.05) is 12.0 Å². The minimum atomic E-state index is 0.267. The maximum atomic E-state index is 5.91. The predicted molar refractivity (Wildman–Crippen MR) is 52.5 cm³/mol. The summed E-state index contributed by atoms with van der Waals surface area (Å²) in [4.78, 5) is 0. The Morgan fingerprint density at radius 3 is 2.83 bits per heavy atom. The molecule has 0 amide bonds. The van der Waals surface area contributed by atoms with Crippen LogP contribution in [0.15, 0.2) is 0 Å². The van der Waals surface area contributed by atoms with E-state index < -0.39 is 0 Å². The molecule has 1 nitrogen and oxygen atoms in total.